The number of fused-ring (bicyclic) bond motifs is 2. The van der Waals surface area contributed by atoms with Crippen LogP contribution in [0.5, 0.6) is 0 Å². The van der Waals surface area contributed by atoms with Crippen LogP contribution < -0.4 is 20.4 Å². The molecule has 3 heterocycles. The van der Waals surface area contributed by atoms with Crippen LogP contribution in [0.25, 0.3) is 27.7 Å². The summed E-state index contributed by atoms with van der Waals surface area (Å²) in [5.41, 5.74) is -1.55. The fourth-order valence-corrected chi connectivity index (χ4v) is 8.60. The second-order valence-electron chi connectivity index (χ2n) is 11.2. The zero-order valence-corrected chi connectivity index (χ0v) is 28.6. The van der Waals surface area contributed by atoms with Gasteiger partial charge in [-0.3, -0.25) is 22.7 Å². The van der Waals surface area contributed by atoms with Crippen LogP contribution in [0.4, 0.5) is 13.2 Å². The summed E-state index contributed by atoms with van der Waals surface area (Å²) in [6.45, 7) is -1.88. The molecule has 0 aliphatic carbocycles. The van der Waals surface area contributed by atoms with Gasteiger partial charge in [-0.05, 0) is 40.6 Å². The summed E-state index contributed by atoms with van der Waals surface area (Å²) in [6, 6.07) is 17.2. The number of aliphatic hydroxyl groups is 2. The van der Waals surface area contributed by atoms with Crippen molar-refractivity contribution in [2.24, 2.45) is 0 Å². The van der Waals surface area contributed by atoms with E-state index in [-0.39, 0.29) is 16.9 Å². The number of ether oxygens (including phenoxy) is 1. The molecule has 2 N–H and O–H groups in total. The summed E-state index contributed by atoms with van der Waals surface area (Å²) in [4.78, 5) is 54.0. The van der Waals surface area contributed by atoms with E-state index >= 15 is 0 Å². The average Bonchev–Trinajstić information content (AvgIpc) is 3.63. The molecule has 52 heavy (non-hydrogen) atoms. The van der Waals surface area contributed by atoms with E-state index in [4.69, 9.17) is 4.74 Å². The van der Waals surface area contributed by atoms with E-state index in [0.29, 0.717) is 5.56 Å². The van der Waals surface area contributed by atoms with E-state index in [0.717, 1.165) is 50.3 Å². The first-order valence-corrected chi connectivity index (χ1v) is 19.1. The van der Waals surface area contributed by atoms with Crippen molar-refractivity contribution in [3.8, 4) is 11.3 Å². The predicted molar refractivity (Wildman–Crippen MR) is 165 cm³/mol. The zero-order chi connectivity index (χ0) is 37.6. The minimum Gasteiger partial charge on any atom is -0.756 e. The van der Waals surface area contributed by atoms with Crippen LogP contribution in [0.3, 0.4) is 0 Å². The minimum atomic E-state index is -6.22. The molecule has 3 aromatic carbocycles. The molecule has 23 heteroatoms. The third-order valence-corrected chi connectivity index (χ3v) is 11.8. The topological polar surface area (TPSA) is 246 Å². The van der Waals surface area contributed by atoms with Gasteiger partial charge in [0, 0.05) is 18.0 Å². The quantitative estimate of drug-likeness (QED) is 0.173. The van der Waals surface area contributed by atoms with Crippen LogP contribution in [0, 0.1) is 0 Å². The van der Waals surface area contributed by atoms with Gasteiger partial charge in [-0.15, -0.1) is 0 Å². The van der Waals surface area contributed by atoms with Crippen LogP contribution in [-0.4, -0.2) is 49.1 Å². The highest BCUT2D eigenvalue weighted by Crippen LogP contribution is 2.63. The minimum absolute atomic E-state index is 0.00278. The number of nitrogens with zero attached hydrogens (tertiary/aromatic N) is 3. The molecule has 0 amide bonds. The van der Waals surface area contributed by atoms with E-state index in [2.05, 4.69) is 22.7 Å². The Morgan fingerprint density at radius 2 is 1.54 bits per heavy atom. The number of alkyl halides is 3. The normalized spacial score (nSPS) is 23.0. The molecule has 1 saturated heterocycles. The van der Waals surface area contributed by atoms with Crippen molar-refractivity contribution < 1.29 is 74.2 Å². The number of phosphoric ester groups is 2. The Kier molecular flexibility index (Phi) is 10.5. The smallest absolute Gasteiger partial charge is 0.416 e. The number of hydrogen-bond donors (Lipinski definition) is 2. The monoisotopic (exact) mass is 788 g/mol. The molecule has 6 rings (SSSR count). The summed E-state index contributed by atoms with van der Waals surface area (Å²) < 4.78 is 100.0. The molecule has 5 aromatic rings. The van der Waals surface area contributed by atoms with Crippen molar-refractivity contribution in [1.82, 2.24) is 14.0 Å². The van der Waals surface area contributed by atoms with Gasteiger partial charge >= 0.3 is 11.9 Å². The molecule has 0 radical (unpaired) electrons. The summed E-state index contributed by atoms with van der Waals surface area (Å²) in [5, 5.41) is 22.6. The van der Waals surface area contributed by atoms with Crippen molar-refractivity contribution >= 4 is 39.9 Å². The first kappa shape index (κ1) is 38.2. The van der Waals surface area contributed by atoms with Gasteiger partial charge in [-0.25, -0.2) is 18.4 Å². The molecule has 0 spiro atoms. The summed E-state index contributed by atoms with van der Waals surface area (Å²) in [6.07, 6.45) is -9.68. The highest BCUT2D eigenvalue weighted by atomic mass is 31.3. The molecule has 17 nitrogen and oxygen atoms in total. The molecular weight excluding hydrogens is 764 g/mol. The lowest BCUT2D eigenvalue weighted by Gasteiger charge is -2.34. The number of aromatic nitrogens is 3. The van der Waals surface area contributed by atoms with E-state index in [9.17, 15) is 56.6 Å². The van der Waals surface area contributed by atoms with Crippen LogP contribution in [0.2, 0.25) is 0 Å². The first-order valence-electron chi connectivity index (χ1n) is 14.7. The maximum absolute atomic E-state index is 13.3. The lowest BCUT2D eigenvalue weighted by Crippen LogP contribution is -2.37. The fourth-order valence-electron chi connectivity index (χ4n) is 5.24. The number of hydrogen-bond acceptors (Lipinski definition) is 15. The fraction of sp³-hybridized carbons (Fsp3) is 0.241. The second kappa shape index (κ2) is 14.3. The largest absolute Gasteiger partial charge is 0.756 e. The van der Waals surface area contributed by atoms with Crippen molar-refractivity contribution in [2.75, 3.05) is 6.61 Å². The SMILES string of the molecule is O=c1n([C@@H]2O[C@H](COP(=O)([O-])OP(=O)([O-])OP(=O)([O-])OCc3ccc4ccccc4c3)[C@H](O)C2O)ccc2nc(-c3cccc(C(F)(F)F)c3)cn12. The average molecular weight is 788 g/mol. The highest BCUT2D eigenvalue weighted by Gasteiger charge is 2.45. The highest BCUT2D eigenvalue weighted by molar-refractivity contribution is 7.65. The molecule has 0 saturated carbocycles. The van der Waals surface area contributed by atoms with E-state index in [1.54, 1.807) is 36.4 Å². The van der Waals surface area contributed by atoms with E-state index in [1.165, 1.54) is 18.2 Å². The van der Waals surface area contributed by atoms with Gasteiger partial charge in [0.25, 0.3) is 23.5 Å². The summed E-state index contributed by atoms with van der Waals surface area (Å²) >= 11 is 0. The Morgan fingerprint density at radius 3 is 2.25 bits per heavy atom. The molecule has 4 unspecified atom stereocenters. The molecule has 0 bridgehead atoms. The summed E-state index contributed by atoms with van der Waals surface area (Å²) in [5.74, 6) is 0. The lowest BCUT2D eigenvalue weighted by molar-refractivity contribution is -0.252. The Balaban J connectivity index is 1.08. The van der Waals surface area contributed by atoms with Gasteiger partial charge in [0.2, 0.25) is 0 Å². The number of rotatable bonds is 12. The van der Waals surface area contributed by atoms with Gasteiger partial charge in [-0.2, -0.15) is 13.2 Å². The van der Waals surface area contributed by atoms with Crippen LogP contribution in [0.1, 0.15) is 17.4 Å². The predicted octanol–water partition coefficient (Wildman–Crippen LogP) is 2.63. The van der Waals surface area contributed by atoms with Crippen LogP contribution in [-0.2, 0) is 48.9 Å². The standard InChI is InChI=1S/C29H27F3N3O14P3/c30-29(31,32)21-7-3-6-20(13-21)22-14-35-24(33-22)10-11-34(28(35)38)27-26(37)25(36)23(47-27)16-46-51(41,42)49-52(43,44)48-50(39,40)45-15-17-8-9-18-4-1-2-5-19(18)12-17/h1-14,23,25-27,36-37H,15-16H2,(H,39,40)(H,41,42)(H,43,44)/p-3/t23-,25+,26?,27-/m1/s1. The Labute approximate surface area is 289 Å². The second-order valence-corrected chi connectivity index (χ2v) is 15.7. The Hall–Kier alpha value is -3.58. The third-order valence-electron chi connectivity index (χ3n) is 7.64. The molecule has 1 aliphatic heterocycles. The van der Waals surface area contributed by atoms with Crippen molar-refractivity contribution in [3.05, 3.63) is 107 Å². The number of imidazole rings is 1. The van der Waals surface area contributed by atoms with Gasteiger partial charge in [0.1, 0.15) is 24.0 Å². The molecule has 1 aliphatic rings. The first-order chi connectivity index (χ1) is 24.3. The maximum Gasteiger partial charge on any atom is 0.416 e. The summed E-state index contributed by atoms with van der Waals surface area (Å²) in [7, 11) is -17.9. The van der Waals surface area contributed by atoms with Crippen molar-refractivity contribution in [2.45, 2.75) is 37.3 Å². The number of phosphoric acid groups is 3. The number of benzene rings is 3. The van der Waals surface area contributed by atoms with Gasteiger partial charge in [0.05, 0.1) is 24.5 Å². The molecule has 7 atom stereocenters. The van der Waals surface area contributed by atoms with E-state index in [1.807, 2.05) is 0 Å². The maximum atomic E-state index is 13.3. The van der Waals surface area contributed by atoms with Gasteiger partial charge < -0.3 is 38.7 Å². The number of aliphatic hydroxyl groups excluding tert-OH is 2. The van der Waals surface area contributed by atoms with Gasteiger partial charge in [0.15, 0.2) is 6.23 Å². The van der Waals surface area contributed by atoms with Crippen LogP contribution >= 0.6 is 23.5 Å². The molecule has 2 aromatic heterocycles. The lowest BCUT2D eigenvalue weighted by atomic mass is 10.1. The molecule has 1 fully saturated rings. The Bertz CT molecular complexity index is 2340. The van der Waals surface area contributed by atoms with Crippen molar-refractivity contribution in [1.29, 1.82) is 0 Å². The Morgan fingerprint density at radius 1 is 0.846 bits per heavy atom. The zero-order valence-electron chi connectivity index (χ0n) is 25.9. The van der Waals surface area contributed by atoms with E-state index < -0.39 is 78.7 Å². The molecule has 278 valence electrons. The van der Waals surface area contributed by atoms with Crippen molar-refractivity contribution in [3.63, 3.8) is 0 Å². The number of halogens is 3. The third kappa shape index (κ3) is 8.62. The van der Waals surface area contributed by atoms with Gasteiger partial charge in [-0.1, -0.05) is 48.5 Å². The molecular formula is C29H24F3N3O14P3-3. The van der Waals surface area contributed by atoms with Crippen LogP contribution in [0.15, 0.2) is 90.0 Å².